The first-order valence-electron chi connectivity index (χ1n) is 11.2. The maximum atomic E-state index is 13.2. The molecule has 3 aliphatic rings. The number of carbonyl (C=O) groups excluding carboxylic acids is 2. The predicted molar refractivity (Wildman–Crippen MR) is 122 cm³/mol. The van der Waals surface area contributed by atoms with Gasteiger partial charge in [-0.2, -0.15) is 0 Å². The molecule has 4 rings (SSSR count). The second-order valence-electron chi connectivity index (χ2n) is 9.11. The van der Waals surface area contributed by atoms with Crippen LogP contribution in [0.5, 0.6) is 0 Å². The molecular formula is C23H30N4O4S. The molecule has 32 heavy (non-hydrogen) atoms. The Bertz CT molecular complexity index is 1040. The van der Waals surface area contributed by atoms with Crippen LogP contribution in [-0.2, 0) is 14.6 Å². The molecule has 1 saturated carbocycles. The topological polar surface area (TPSA) is 122 Å². The van der Waals surface area contributed by atoms with E-state index in [1.807, 2.05) is 12.3 Å². The highest BCUT2D eigenvalue weighted by molar-refractivity contribution is 7.92. The number of nitrogens with two attached hydrogens (primary N) is 1. The molecule has 2 fully saturated rings. The number of hydrogen-bond acceptors (Lipinski definition) is 5. The van der Waals surface area contributed by atoms with Crippen molar-refractivity contribution in [2.24, 2.45) is 22.6 Å². The number of urea groups is 1. The molecule has 0 radical (unpaired) electrons. The Morgan fingerprint density at radius 2 is 1.94 bits per heavy atom. The first-order chi connectivity index (χ1) is 15.2. The third-order valence-corrected chi connectivity index (χ3v) is 8.74. The number of allylic oxidation sites excluding steroid dienone is 1. The SMILES string of the molecule is CC1C=NC(NC(=O)[C@H](C[C@H]2CCN(C(N)=O)C2)c2ccc(S(=O)(=O)C3CC3)cc2)=CC1. The third kappa shape index (κ3) is 5.03. The van der Waals surface area contributed by atoms with Crippen molar-refractivity contribution in [3.8, 4) is 0 Å². The number of sulfone groups is 1. The van der Waals surface area contributed by atoms with Crippen molar-refractivity contribution in [3.05, 3.63) is 41.7 Å². The second kappa shape index (κ2) is 9.05. The molecule has 1 aliphatic carbocycles. The van der Waals surface area contributed by atoms with Crippen LogP contribution in [0.1, 0.15) is 50.5 Å². The standard InChI is InChI=1S/C23H30N4O4S/c1-15-2-9-21(25-13-15)26-22(28)20(12-16-10-11-27(14-16)23(24)29)17-3-5-18(6-4-17)32(30,31)19-7-8-19/h3-6,9,13,15-16,19-20H,2,7-8,10-12,14H2,1H3,(H2,24,29)(H,26,28)/t15?,16-,20-/m1/s1. The van der Waals surface area contributed by atoms with Gasteiger partial charge in [0.2, 0.25) is 5.91 Å². The number of benzene rings is 1. The lowest BCUT2D eigenvalue weighted by molar-refractivity contribution is -0.122. The monoisotopic (exact) mass is 458 g/mol. The highest BCUT2D eigenvalue weighted by Gasteiger charge is 2.37. The summed E-state index contributed by atoms with van der Waals surface area (Å²) < 4.78 is 25.1. The summed E-state index contributed by atoms with van der Waals surface area (Å²) in [6.07, 6.45) is 7.28. The Morgan fingerprint density at radius 1 is 1.22 bits per heavy atom. The van der Waals surface area contributed by atoms with E-state index in [1.54, 1.807) is 29.2 Å². The zero-order valence-electron chi connectivity index (χ0n) is 18.2. The van der Waals surface area contributed by atoms with E-state index in [-0.39, 0.29) is 17.1 Å². The van der Waals surface area contributed by atoms with Crippen LogP contribution in [0.2, 0.25) is 0 Å². The number of nitrogens with zero attached hydrogens (tertiary/aromatic N) is 2. The predicted octanol–water partition coefficient (Wildman–Crippen LogP) is 2.57. The summed E-state index contributed by atoms with van der Waals surface area (Å²) in [6, 6.07) is 6.24. The van der Waals surface area contributed by atoms with Gasteiger partial charge >= 0.3 is 6.03 Å². The molecule has 0 aromatic heterocycles. The highest BCUT2D eigenvalue weighted by atomic mass is 32.2. The zero-order valence-corrected chi connectivity index (χ0v) is 19.1. The summed E-state index contributed by atoms with van der Waals surface area (Å²) >= 11 is 0. The molecule has 172 valence electrons. The Balaban J connectivity index is 1.53. The van der Waals surface area contributed by atoms with Crippen LogP contribution in [0.15, 0.2) is 46.1 Å². The van der Waals surface area contributed by atoms with Gasteiger partial charge in [-0.25, -0.2) is 18.2 Å². The minimum atomic E-state index is -3.28. The molecule has 0 spiro atoms. The van der Waals surface area contributed by atoms with Gasteiger partial charge in [-0.15, -0.1) is 0 Å². The van der Waals surface area contributed by atoms with Crippen LogP contribution in [0, 0.1) is 11.8 Å². The van der Waals surface area contributed by atoms with Gasteiger partial charge in [0, 0.05) is 19.3 Å². The summed E-state index contributed by atoms with van der Waals surface area (Å²) in [7, 11) is -3.28. The van der Waals surface area contributed by atoms with Crippen molar-refractivity contribution < 1.29 is 18.0 Å². The van der Waals surface area contributed by atoms with Crippen LogP contribution in [0.4, 0.5) is 4.79 Å². The van der Waals surface area contributed by atoms with Crippen LogP contribution < -0.4 is 11.1 Å². The van der Waals surface area contributed by atoms with Gasteiger partial charge in [0.25, 0.3) is 0 Å². The van der Waals surface area contributed by atoms with E-state index in [1.165, 1.54) is 0 Å². The number of carbonyl (C=O) groups is 2. The van der Waals surface area contributed by atoms with Gasteiger partial charge in [0.05, 0.1) is 16.1 Å². The Kier molecular flexibility index (Phi) is 6.37. The van der Waals surface area contributed by atoms with Gasteiger partial charge < -0.3 is 16.0 Å². The fourth-order valence-corrected chi connectivity index (χ4v) is 5.99. The average molecular weight is 459 g/mol. The molecule has 3 atom stereocenters. The fraction of sp³-hybridized carbons (Fsp3) is 0.522. The number of likely N-dealkylation sites (tertiary alicyclic amines) is 1. The summed E-state index contributed by atoms with van der Waals surface area (Å²) in [5.41, 5.74) is 6.16. The smallest absolute Gasteiger partial charge is 0.314 e. The third-order valence-electron chi connectivity index (χ3n) is 6.46. The van der Waals surface area contributed by atoms with Crippen molar-refractivity contribution in [1.29, 1.82) is 0 Å². The number of nitrogens with one attached hydrogen (secondary N) is 1. The van der Waals surface area contributed by atoms with E-state index in [2.05, 4.69) is 17.2 Å². The Morgan fingerprint density at radius 3 is 2.50 bits per heavy atom. The number of amides is 3. The maximum absolute atomic E-state index is 13.2. The first kappa shape index (κ1) is 22.5. The summed E-state index contributed by atoms with van der Waals surface area (Å²) in [5.74, 6) is 0.345. The van der Waals surface area contributed by atoms with Gasteiger partial charge in [-0.05, 0) is 67.7 Å². The summed E-state index contributed by atoms with van der Waals surface area (Å²) in [4.78, 5) is 31.0. The normalized spacial score (nSPS) is 24.2. The van der Waals surface area contributed by atoms with Gasteiger partial charge in [-0.3, -0.25) is 4.79 Å². The van der Waals surface area contributed by atoms with Gasteiger partial charge in [0.15, 0.2) is 9.84 Å². The zero-order chi connectivity index (χ0) is 22.9. The lowest BCUT2D eigenvalue weighted by atomic mass is 9.87. The fourth-order valence-electron chi connectivity index (χ4n) is 4.33. The molecule has 1 aromatic rings. The van der Waals surface area contributed by atoms with Gasteiger partial charge in [-0.1, -0.05) is 19.1 Å². The van der Waals surface area contributed by atoms with E-state index in [9.17, 15) is 18.0 Å². The number of rotatable bonds is 7. The second-order valence-corrected chi connectivity index (χ2v) is 11.3. The summed E-state index contributed by atoms with van der Waals surface area (Å²) in [5, 5.41) is 2.65. The highest BCUT2D eigenvalue weighted by Crippen LogP contribution is 2.35. The number of hydrogen-bond donors (Lipinski definition) is 2. The number of aliphatic imine (C=N–C) groups is 1. The quantitative estimate of drug-likeness (QED) is 0.652. The molecule has 0 bridgehead atoms. The molecule has 1 saturated heterocycles. The molecule has 2 aliphatic heterocycles. The van der Waals surface area contributed by atoms with Crippen molar-refractivity contribution in [2.45, 2.75) is 55.1 Å². The average Bonchev–Trinajstić information content (AvgIpc) is 3.53. The molecule has 2 heterocycles. The van der Waals surface area contributed by atoms with Crippen LogP contribution >= 0.6 is 0 Å². The summed E-state index contributed by atoms with van der Waals surface area (Å²) in [6.45, 7) is 3.16. The van der Waals surface area contributed by atoms with Crippen molar-refractivity contribution in [2.75, 3.05) is 13.1 Å². The minimum absolute atomic E-state index is 0.136. The number of primary amides is 1. The lowest BCUT2D eigenvalue weighted by Crippen LogP contribution is -2.34. The van der Waals surface area contributed by atoms with E-state index in [4.69, 9.17) is 5.73 Å². The molecule has 3 N–H and O–H groups in total. The van der Waals surface area contributed by atoms with Crippen LogP contribution in [0.25, 0.3) is 0 Å². The Hall–Kier alpha value is -2.68. The van der Waals surface area contributed by atoms with Crippen LogP contribution in [-0.4, -0.2) is 49.8 Å². The lowest BCUT2D eigenvalue weighted by Gasteiger charge is -2.22. The van der Waals surface area contributed by atoms with E-state index in [0.29, 0.717) is 49.0 Å². The maximum Gasteiger partial charge on any atom is 0.314 e. The molecule has 9 heteroatoms. The van der Waals surface area contributed by atoms with Crippen LogP contribution in [0.3, 0.4) is 0 Å². The van der Waals surface area contributed by atoms with Gasteiger partial charge in [0.1, 0.15) is 5.82 Å². The largest absolute Gasteiger partial charge is 0.351 e. The Labute approximate surface area is 188 Å². The molecule has 3 amide bonds. The van der Waals surface area contributed by atoms with Crippen molar-refractivity contribution >= 4 is 28.0 Å². The molecule has 1 unspecified atom stereocenters. The van der Waals surface area contributed by atoms with E-state index < -0.39 is 21.8 Å². The van der Waals surface area contributed by atoms with Crippen molar-refractivity contribution in [3.63, 3.8) is 0 Å². The molecule has 1 aromatic carbocycles. The first-order valence-corrected chi connectivity index (χ1v) is 12.7. The van der Waals surface area contributed by atoms with Crippen molar-refractivity contribution in [1.82, 2.24) is 10.2 Å². The van der Waals surface area contributed by atoms with E-state index in [0.717, 1.165) is 18.4 Å². The minimum Gasteiger partial charge on any atom is -0.351 e. The van der Waals surface area contributed by atoms with E-state index >= 15 is 0 Å². The molecular weight excluding hydrogens is 428 g/mol. The molecule has 8 nitrogen and oxygen atoms in total.